The molecule has 0 aliphatic heterocycles. The predicted molar refractivity (Wildman–Crippen MR) is 72.9 cm³/mol. The highest BCUT2D eigenvalue weighted by molar-refractivity contribution is 5.95. The van der Waals surface area contributed by atoms with Crippen molar-refractivity contribution in [3.05, 3.63) is 51.8 Å². The molecule has 0 unspecified atom stereocenters. The van der Waals surface area contributed by atoms with E-state index < -0.39 is 16.7 Å². The van der Waals surface area contributed by atoms with Crippen molar-refractivity contribution in [2.75, 3.05) is 5.73 Å². The topological polar surface area (TPSA) is 144 Å². The van der Waals surface area contributed by atoms with Crippen LogP contribution < -0.4 is 11.2 Å². The summed E-state index contributed by atoms with van der Waals surface area (Å²) >= 11 is 0. The Morgan fingerprint density at radius 3 is 2.81 bits per heavy atom. The Morgan fingerprint density at radius 1 is 1.43 bits per heavy atom. The molecule has 9 nitrogen and oxygen atoms in total. The quantitative estimate of drug-likeness (QED) is 0.254. The normalized spacial score (nSPS) is 10.7. The van der Waals surface area contributed by atoms with E-state index in [0.717, 1.165) is 6.21 Å². The van der Waals surface area contributed by atoms with Gasteiger partial charge in [0, 0.05) is 5.56 Å². The highest BCUT2D eigenvalue weighted by atomic mass is 16.6. The van der Waals surface area contributed by atoms with E-state index in [1.807, 2.05) is 0 Å². The summed E-state index contributed by atoms with van der Waals surface area (Å²) in [4.78, 5) is 21.4. The first kappa shape index (κ1) is 14.1. The van der Waals surface area contributed by atoms with Crippen molar-refractivity contribution < 1.29 is 19.2 Å². The number of aromatic hydroxyl groups is 1. The molecule has 2 rings (SSSR count). The maximum absolute atomic E-state index is 11.7. The van der Waals surface area contributed by atoms with Gasteiger partial charge in [0.25, 0.3) is 5.91 Å². The first-order chi connectivity index (χ1) is 9.97. The van der Waals surface area contributed by atoms with Crippen molar-refractivity contribution in [3.8, 4) is 5.75 Å². The van der Waals surface area contributed by atoms with E-state index in [2.05, 4.69) is 10.5 Å². The van der Waals surface area contributed by atoms with E-state index in [0.29, 0.717) is 0 Å². The molecular weight excluding hydrogens is 280 g/mol. The summed E-state index contributed by atoms with van der Waals surface area (Å²) in [7, 11) is 0. The number of nitro groups is 1. The van der Waals surface area contributed by atoms with Crippen molar-refractivity contribution in [2.24, 2.45) is 5.10 Å². The molecule has 21 heavy (non-hydrogen) atoms. The zero-order valence-corrected chi connectivity index (χ0v) is 10.5. The molecule has 0 aliphatic rings. The zero-order chi connectivity index (χ0) is 15.4. The molecule has 1 aromatic carbocycles. The summed E-state index contributed by atoms with van der Waals surface area (Å²) < 4.78 is 4.81. The molecule has 1 heterocycles. The number of benzene rings is 1. The number of anilines is 1. The number of hydrogen-bond donors (Lipinski definition) is 3. The van der Waals surface area contributed by atoms with Crippen LogP contribution in [0.4, 0.5) is 11.6 Å². The number of carbonyl (C=O) groups excluding carboxylic acids is 1. The molecule has 0 atom stereocenters. The molecular formula is C12H10N4O5. The molecule has 4 N–H and O–H groups in total. The van der Waals surface area contributed by atoms with E-state index in [9.17, 15) is 20.0 Å². The number of hydrazone groups is 1. The summed E-state index contributed by atoms with van der Waals surface area (Å²) in [6.07, 6.45) is 1.12. The Labute approximate surface area is 117 Å². The molecule has 0 spiro atoms. The van der Waals surface area contributed by atoms with Gasteiger partial charge in [0.1, 0.15) is 10.7 Å². The van der Waals surface area contributed by atoms with E-state index in [-0.39, 0.29) is 22.8 Å². The van der Waals surface area contributed by atoms with Crippen molar-refractivity contribution >= 4 is 23.7 Å². The number of nitrogens with zero attached hydrogens (tertiary/aromatic N) is 2. The third-order valence-electron chi connectivity index (χ3n) is 2.44. The maximum atomic E-state index is 11.7. The van der Waals surface area contributed by atoms with Gasteiger partial charge in [-0.2, -0.15) is 5.10 Å². The minimum Gasteiger partial charge on any atom is -0.506 e. The smallest absolute Gasteiger partial charge is 0.433 e. The van der Waals surface area contributed by atoms with Crippen LogP contribution in [-0.4, -0.2) is 22.2 Å². The number of nitrogens with two attached hydrogens (primary N) is 1. The van der Waals surface area contributed by atoms with Gasteiger partial charge < -0.3 is 15.3 Å². The van der Waals surface area contributed by atoms with E-state index in [1.54, 1.807) is 0 Å². The fourth-order valence-electron chi connectivity index (χ4n) is 1.42. The van der Waals surface area contributed by atoms with Gasteiger partial charge in [-0.3, -0.25) is 14.9 Å². The Kier molecular flexibility index (Phi) is 3.84. The number of nitrogens with one attached hydrogen (secondary N) is 1. The van der Waals surface area contributed by atoms with E-state index in [1.165, 1.54) is 30.3 Å². The summed E-state index contributed by atoms with van der Waals surface area (Å²) in [5.41, 5.74) is 7.92. The fourth-order valence-corrected chi connectivity index (χ4v) is 1.42. The monoisotopic (exact) mass is 290 g/mol. The highest BCUT2D eigenvalue weighted by Gasteiger charge is 2.10. The van der Waals surface area contributed by atoms with Gasteiger partial charge in [0.05, 0.1) is 18.0 Å². The Morgan fingerprint density at radius 2 is 2.19 bits per heavy atom. The van der Waals surface area contributed by atoms with E-state index >= 15 is 0 Å². The van der Waals surface area contributed by atoms with Crippen LogP contribution in [0.5, 0.6) is 5.75 Å². The molecule has 1 aromatic heterocycles. The van der Waals surface area contributed by atoms with Crippen LogP contribution in [-0.2, 0) is 0 Å². The number of nitrogen functional groups attached to an aromatic ring is 1. The van der Waals surface area contributed by atoms with Crippen LogP contribution in [0.3, 0.4) is 0 Å². The standard InChI is InChI=1S/C12H10N4O5/c13-9-5-7(1-3-10(9)17)12(18)15-14-6-8-2-4-11(21-8)16(19)20/h1-6,17H,13H2,(H,15,18)/b14-6+. The minimum absolute atomic E-state index is 0.0632. The third kappa shape index (κ3) is 3.35. The van der Waals surface area contributed by atoms with E-state index in [4.69, 9.17) is 10.2 Å². The SMILES string of the molecule is Nc1cc(C(=O)N/N=C/c2ccc([N+](=O)[O-])o2)ccc1O. The molecule has 2 aromatic rings. The third-order valence-corrected chi connectivity index (χ3v) is 2.44. The first-order valence-electron chi connectivity index (χ1n) is 5.63. The van der Waals surface area contributed by atoms with Gasteiger partial charge in [0.15, 0.2) is 5.76 Å². The highest BCUT2D eigenvalue weighted by Crippen LogP contribution is 2.20. The zero-order valence-electron chi connectivity index (χ0n) is 10.5. The molecule has 0 radical (unpaired) electrons. The number of phenolic OH excluding ortho intramolecular Hbond substituents is 1. The predicted octanol–water partition coefficient (Wildman–Crippen LogP) is 1.24. The van der Waals surface area contributed by atoms with Crippen molar-refractivity contribution in [2.45, 2.75) is 0 Å². The second-order valence-corrected chi connectivity index (χ2v) is 3.91. The molecule has 0 aliphatic carbocycles. The molecule has 0 bridgehead atoms. The average molecular weight is 290 g/mol. The summed E-state index contributed by atoms with van der Waals surface area (Å²) in [6, 6.07) is 6.45. The minimum atomic E-state index is -0.685. The van der Waals surface area contributed by atoms with Crippen LogP contribution in [0.2, 0.25) is 0 Å². The number of amides is 1. The number of furan rings is 1. The lowest BCUT2D eigenvalue weighted by atomic mass is 10.2. The molecule has 108 valence electrons. The van der Waals surface area contributed by atoms with Crippen LogP contribution in [0.1, 0.15) is 16.1 Å². The largest absolute Gasteiger partial charge is 0.506 e. The van der Waals surface area contributed by atoms with Crippen molar-refractivity contribution in [1.29, 1.82) is 0 Å². The Balaban J connectivity index is 2.01. The second-order valence-electron chi connectivity index (χ2n) is 3.91. The Bertz CT molecular complexity index is 722. The lowest BCUT2D eigenvalue weighted by Gasteiger charge is -2.02. The lowest BCUT2D eigenvalue weighted by molar-refractivity contribution is -0.402. The van der Waals surface area contributed by atoms with Gasteiger partial charge in [-0.15, -0.1) is 0 Å². The molecule has 0 fully saturated rings. The summed E-state index contributed by atoms with van der Waals surface area (Å²) in [5, 5.41) is 23.2. The van der Waals surface area contributed by atoms with Crippen molar-refractivity contribution in [1.82, 2.24) is 5.43 Å². The van der Waals surface area contributed by atoms with Gasteiger partial charge in [0.2, 0.25) is 0 Å². The average Bonchev–Trinajstić information content (AvgIpc) is 2.91. The molecule has 0 saturated carbocycles. The summed E-state index contributed by atoms with van der Waals surface area (Å²) in [6.45, 7) is 0. The lowest BCUT2D eigenvalue weighted by Crippen LogP contribution is -2.17. The van der Waals surface area contributed by atoms with Gasteiger partial charge >= 0.3 is 5.88 Å². The maximum Gasteiger partial charge on any atom is 0.433 e. The fraction of sp³-hybridized carbons (Fsp3) is 0. The van der Waals surface area contributed by atoms with Crippen LogP contribution in [0.25, 0.3) is 0 Å². The first-order valence-corrected chi connectivity index (χ1v) is 5.63. The van der Waals surface area contributed by atoms with Crippen LogP contribution in [0, 0.1) is 10.1 Å². The van der Waals surface area contributed by atoms with Crippen LogP contribution >= 0.6 is 0 Å². The van der Waals surface area contributed by atoms with Crippen molar-refractivity contribution in [3.63, 3.8) is 0 Å². The number of phenols is 1. The van der Waals surface area contributed by atoms with Crippen LogP contribution in [0.15, 0.2) is 39.9 Å². The molecule has 9 heteroatoms. The number of hydrogen-bond acceptors (Lipinski definition) is 7. The number of carbonyl (C=O) groups is 1. The molecule has 0 saturated heterocycles. The van der Waals surface area contributed by atoms with Gasteiger partial charge in [-0.1, -0.05) is 0 Å². The number of rotatable bonds is 4. The van der Waals surface area contributed by atoms with Gasteiger partial charge in [-0.05, 0) is 24.3 Å². The summed E-state index contributed by atoms with van der Waals surface area (Å²) in [5.74, 6) is -0.988. The Hall–Kier alpha value is -3.36. The van der Waals surface area contributed by atoms with Gasteiger partial charge in [-0.25, -0.2) is 5.43 Å². The molecule has 1 amide bonds. The second kappa shape index (κ2) is 5.74.